The van der Waals surface area contributed by atoms with Gasteiger partial charge < -0.3 is 0 Å². The topological polar surface area (TPSA) is 0 Å². The number of hydrogen-bond acceptors (Lipinski definition) is 0. The summed E-state index contributed by atoms with van der Waals surface area (Å²) in [6.45, 7) is 2.19. The maximum absolute atomic E-state index is 12.2. The van der Waals surface area contributed by atoms with Gasteiger partial charge in [0.25, 0.3) is 0 Å². The van der Waals surface area contributed by atoms with Gasteiger partial charge in [0, 0.05) is 6.42 Å². The Bertz CT molecular complexity index is 225. The van der Waals surface area contributed by atoms with E-state index < -0.39 is 30.4 Å². The minimum atomic E-state index is -6.80. The van der Waals surface area contributed by atoms with Crippen LogP contribution in [0.1, 0.15) is 6.42 Å². The number of halogens is 9. The van der Waals surface area contributed by atoms with Gasteiger partial charge in [-0.3, -0.25) is 0 Å². The van der Waals surface area contributed by atoms with Crippen LogP contribution in [0.25, 0.3) is 0 Å². The number of rotatable bonds is 3. The molecule has 0 aliphatic rings. The van der Waals surface area contributed by atoms with E-state index >= 15 is 0 Å². The fourth-order valence-corrected chi connectivity index (χ4v) is 0.565. The quantitative estimate of drug-likeness (QED) is 0.667. The molecule has 0 aromatic rings. The standard InChI is InChI=1S/C6H4F9/c1-2-3(7,8)4(9,10)5(11,12)6(13,14)15/h1-2H2. The van der Waals surface area contributed by atoms with Gasteiger partial charge in [-0.25, -0.2) is 0 Å². The first-order valence-electron chi connectivity index (χ1n) is 3.30. The molecular formula is C6H4F9. The van der Waals surface area contributed by atoms with Crippen molar-refractivity contribution in [2.75, 3.05) is 0 Å². The molecule has 0 aromatic carbocycles. The molecule has 0 atom stereocenters. The molecule has 1 radical (unpaired) electrons. The molecule has 0 aliphatic carbocycles. The SMILES string of the molecule is [CH2]CC(F)(F)C(F)(F)C(F)(F)C(F)(F)F. The molecule has 0 spiro atoms. The van der Waals surface area contributed by atoms with Crippen molar-refractivity contribution in [1.82, 2.24) is 0 Å². The maximum atomic E-state index is 12.2. The Hall–Kier alpha value is -0.630. The van der Waals surface area contributed by atoms with Crippen molar-refractivity contribution in [2.45, 2.75) is 30.4 Å². The van der Waals surface area contributed by atoms with Crippen molar-refractivity contribution in [1.29, 1.82) is 0 Å². The molecule has 0 nitrogen and oxygen atoms in total. The Morgan fingerprint density at radius 2 is 1.00 bits per heavy atom. The largest absolute Gasteiger partial charge is 0.460 e. The molecule has 0 saturated heterocycles. The summed E-state index contributed by atoms with van der Waals surface area (Å²) in [5, 5.41) is 0. The summed E-state index contributed by atoms with van der Waals surface area (Å²) in [6, 6.07) is 0. The van der Waals surface area contributed by atoms with E-state index in [1.165, 1.54) is 0 Å². The highest BCUT2D eigenvalue weighted by atomic mass is 19.4. The zero-order chi connectivity index (χ0) is 12.7. The van der Waals surface area contributed by atoms with Gasteiger partial charge in [-0.05, 0) is 6.92 Å². The molecule has 0 amide bonds. The van der Waals surface area contributed by atoms with E-state index in [2.05, 4.69) is 6.92 Å². The van der Waals surface area contributed by atoms with Crippen LogP contribution in [-0.4, -0.2) is 23.9 Å². The van der Waals surface area contributed by atoms with E-state index in [0.717, 1.165) is 0 Å². The zero-order valence-electron chi connectivity index (χ0n) is 6.82. The highest BCUT2D eigenvalue weighted by molar-refractivity contribution is 5.00. The van der Waals surface area contributed by atoms with Gasteiger partial charge in [0.15, 0.2) is 0 Å². The van der Waals surface area contributed by atoms with E-state index in [0.29, 0.717) is 0 Å². The molecular weight excluding hydrogens is 243 g/mol. The van der Waals surface area contributed by atoms with Crippen LogP contribution in [0.5, 0.6) is 0 Å². The third-order valence-corrected chi connectivity index (χ3v) is 1.52. The molecule has 0 aromatic heterocycles. The van der Waals surface area contributed by atoms with E-state index in [4.69, 9.17) is 0 Å². The predicted octanol–water partition coefficient (Wildman–Crippen LogP) is 3.68. The van der Waals surface area contributed by atoms with Crippen molar-refractivity contribution in [3.05, 3.63) is 6.92 Å². The zero-order valence-corrected chi connectivity index (χ0v) is 6.82. The van der Waals surface area contributed by atoms with Gasteiger partial charge in [-0.15, -0.1) is 0 Å². The lowest BCUT2D eigenvalue weighted by Crippen LogP contribution is -2.60. The van der Waals surface area contributed by atoms with Crippen LogP contribution in [0.15, 0.2) is 0 Å². The molecule has 0 fully saturated rings. The monoisotopic (exact) mass is 247 g/mol. The second-order valence-electron chi connectivity index (χ2n) is 2.60. The van der Waals surface area contributed by atoms with E-state index in [-0.39, 0.29) is 0 Å². The minimum Gasteiger partial charge on any atom is -0.200 e. The van der Waals surface area contributed by atoms with Crippen molar-refractivity contribution in [2.24, 2.45) is 0 Å². The second kappa shape index (κ2) is 3.44. The summed E-state index contributed by atoms with van der Waals surface area (Å²) in [5.74, 6) is -18.9. The van der Waals surface area contributed by atoms with Gasteiger partial charge in [-0.1, -0.05) is 0 Å². The van der Waals surface area contributed by atoms with Gasteiger partial charge >= 0.3 is 23.9 Å². The summed E-state index contributed by atoms with van der Waals surface area (Å²) >= 11 is 0. The van der Waals surface area contributed by atoms with Crippen LogP contribution in [-0.2, 0) is 0 Å². The Kier molecular flexibility index (Phi) is 3.30. The van der Waals surface area contributed by atoms with Crippen molar-refractivity contribution < 1.29 is 39.5 Å². The Morgan fingerprint density at radius 3 is 1.20 bits per heavy atom. The summed E-state index contributed by atoms with van der Waals surface area (Å²) < 4.78 is 107. The molecule has 91 valence electrons. The van der Waals surface area contributed by atoms with Crippen LogP contribution in [0.4, 0.5) is 39.5 Å². The maximum Gasteiger partial charge on any atom is 0.460 e. The van der Waals surface area contributed by atoms with Crippen molar-refractivity contribution >= 4 is 0 Å². The third kappa shape index (κ3) is 2.00. The molecule has 0 unspecified atom stereocenters. The van der Waals surface area contributed by atoms with Gasteiger partial charge in [0.1, 0.15) is 0 Å². The molecule has 0 rings (SSSR count). The molecule has 0 aliphatic heterocycles. The van der Waals surface area contributed by atoms with Crippen LogP contribution >= 0.6 is 0 Å². The Morgan fingerprint density at radius 1 is 0.667 bits per heavy atom. The summed E-state index contributed by atoms with van der Waals surface area (Å²) in [7, 11) is 0. The van der Waals surface area contributed by atoms with E-state index in [9.17, 15) is 39.5 Å². The normalized spacial score (nSPS) is 15.6. The summed E-state index contributed by atoms with van der Waals surface area (Å²) in [6.07, 6.45) is -8.83. The number of hydrogen-bond donors (Lipinski definition) is 0. The number of alkyl halides is 9. The smallest absolute Gasteiger partial charge is 0.200 e. The first-order valence-corrected chi connectivity index (χ1v) is 3.30. The minimum absolute atomic E-state index is 2.08. The molecule has 15 heavy (non-hydrogen) atoms. The van der Waals surface area contributed by atoms with Gasteiger partial charge in [-0.2, -0.15) is 39.5 Å². The Balaban J connectivity index is 5.38. The summed E-state index contributed by atoms with van der Waals surface area (Å²) in [5.41, 5.74) is 0. The second-order valence-corrected chi connectivity index (χ2v) is 2.60. The molecule has 0 saturated carbocycles. The van der Waals surface area contributed by atoms with Gasteiger partial charge in [0.2, 0.25) is 0 Å². The van der Waals surface area contributed by atoms with Crippen molar-refractivity contribution in [3.8, 4) is 0 Å². The van der Waals surface area contributed by atoms with E-state index in [1.807, 2.05) is 0 Å². The van der Waals surface area contributed by atoms with Crippen LogP contribution in [0, 0.1) is 6.92 Å². The third-order valence-electron chi connectivity index (χ3n) is 1.52. The lowest BCUT2D eigenvalue weighted by Gasteiger charge is -2.33. The fraction of sp³-hybridized carbons (Fsp3) is 0.833. The molecule has 9 heteroatoms. The fourth-order valence-electron chi connectivity index (χ4n) is 0.565. The average Bonchev–Trinajstić information content (AvgIpc) is 2.01. The lowest BCUT2D eigenvalue weighted by atomic mass is 10.0. The van der Waals surface area contributed by atoms with Crippen LogP contribution < -0.4 is 0 Å². The van der Waals surface area contributed by atoms with Gasteiger partial charge in [0.05, 0.1) is 0 Å². The molecule has 0 N–H and O–H groups in total. The van der Waals surface area contributed by atoms with Crippen molar-refractivity contribution in [3.63, 3.8) is 0 Å². The van der Waals surface area contributed by atoms with Crippen LogP contribution in [0.2, 0.25) is 0 Å². The van der Waals surface area contributed by atoms with E-state index in [1.54, 1.807) is 0 Å². The molecule has 0 heterocycles. The summed E-state index contributed by atoms with van der Waals surface area (Å²) in [4.78, 5) is 0. The lowest BCUT2D eigenvalue weighted by molar-refractivity contribution is -0.395. The average molecular weight is 247 g/mol. The molecule has 0 bridgehead atoms. The first-order chi connectivity index (χ1) is 6.31. The highest BCUT2D eigenvalue weighted by Gasteiger charge is 2.81. The Labute approximate surface area is 78.1 Å². The first kappa shape index (κ1) is 14.4. The predicted molar refractivity (Wildman–Crippen MR) is 30.9 cm³/mol. The van der Waals surface area contributed by atoms with Crippen LogP contribution in [0.3, 0.4) is 0 Å². The highest BCUT2D eigenvalue weighted by Crippen LogP contribution is 2.53.